The quantitative estimate of drug-likeness (QED) is 0.411. The molecule has 0 unspecified atom stereocenters. The van der Waals surface area contributed by atoms with Crippen LogP contribution in [0, 0.1) is 10.1 Å². The number of carbonyl (C=O) groups is 1. The molecular weight excluding hydrogens is 386 g/mol. The van der Waals surface area contributed by atoms with Gasteiger partial charge in [0.05, 0.1) is 16.0 Å². The van der Waals surface area contributed by atoms with Gasteiger partial charge in [0.1, 0.15) is 0 Å². The summed E-state index contributed by atoms with van der Waals surface area (Å²) in [4.78, 5) is 25.2. The van der Waals surface area contributed by atoms with Crippen molar-refractivity contribution in [3.05, 3.63) is 58.1 Å². The molecule has 0 bridgehead atoms. The van der Waals surface area contributed by atoms with Gasteiger partial charge in [-0.3, -0.25) is 14.9 Å². The maximum absolute atomic E-state index is 12.3. The van der Waals surface area contributed by atoms with Crippen LogP contribution in [0.15, 0.2) is 52.5 Å². The summed E-state index contributed by atoms with van der Waals surface area (Å²) in [7, 11) is -0.445. The summed E-state index contributed by atoms with van der Waals surface area (Å²) in [5.74, 6) is -0.271. The van der Waals surface area contributed by atoms with E-state index >= 15 is 0 Å². The second kappa shape index (κ2) is 8.48. The SMILES string of the molecule is CC(=O)Nc1ccc(S(=O)(=O)N/N=C/c2cc([N+](=O)[O-])ccc2N(C)C)cc1. The normalized spacial score (nSPS) is 11.2. The molecule has 1 amide bonds. The number of anilines is 2. The minimum Gasteiger partial charge on any atom is -0.377 e. The van der Waals surface area contributed by atoms with E-state index in [2.05, 4.69) is 15.2 Å². The Hall–Kier alpha value is -3.47. The first kappa shape index (κ1) is 20.8. The maximum atomic E-state index is 12.3. The second-order valence-electron chi connectivity index (χ2n) is 5.95. The fourth-order valence-corrected chi connectivity index (χ4v) is 3.10. The van der Waals surface area contributed by atoms with E-state index in [0.29, 0.717) is 16.9 Å². The molecule has 0 fully saturated rings. The van der Waals surface area contributed by atoms with E-state index in [1.165, 1.54) is 49.5 Å². The van der Waals surface area contributed by atoms with Crippen molar-refractivity contribution in [2.45, 2.75) is 11.8 Å². The van der Waals surface area contributed by atoms with Gasteiger partial charge in [0, 0.05) is 50.1 Å². The number of carbonyl (C=O) groups excluding carboxylic acids is 1. The number of rotatable bonds is 7. The number of nitrogens with zero attached hydrogens (tertiary/aromatic N) is 3. The van der Waals surface area contributed by atoms with Crippen LogP contribution in [0.1, 0.15) is 12.5 Å². The molecule has 10 nitrogen and oxygen atoms in total. The standard InChI is InChI=1S/C17H19N5O5S/c1-12(23)19-14-4-7-16(8-5-14)28(26,27)20-18-11-13-10-15(22(24)25)6-9-17(13)21(2)3/h4-11,20H,1-3H3,(H,19,23)/b18-11+. The van der Waals surface area contributed by atoms with Crippen molar-refractivity contribution < 1.29 is 18.1 Å². The monoisotopic (exact) mass is 405 g/mol. The Balaban J connectivity index is 2.22. The Morgan fingerprint density at radius 3 is 2.36 bits per heavy atom. The van der Waals surface area contributed by atoms with E-state index in [0.717, 1.165) is 0 Å². The van der Waals surface area contributed by atoms with Gasteiger partial charge in [-0.2, -0.15) is 13.5 Å². The molecule has 0 aromatic heterocycles. The average molecular weight is 405 g/mol. The predicted octanol–water partition coefficient (Wildman–Crippen LogP) is 1.93. The van der Waals surface area contributed by atoms with Crippen molar-refractivity contribution in [2.75, 3.05) is 24.3 Å². The van der Waals surface area contributed by atoms with E-state index in [-0.39, 0.29) is 16.5 Å². The third kappa shape index (κ3) is 5.27. The van der Waals surface area contributed by atoms with Gasteiger partial charge >= 0.3 is 0 Å². The summed E-state index contributed by atoms with van der Waals surface area (Å²) >= 11 is 0. The van der Waals surface area contributed by atoms with Crippen molar-refractivity contribution in [1.82, 2.24) is 4.83 Å². The molecule has 0 atom stereocenters. The van der Waals surface area contributed by atoms with Crippen LogP contribution in [-0.4, -0.2) is 39.6 Å². The van der Waals surface area contributed by atoms with Gasteiger partial charge in [-0.1, -0.05) is 0 Å². The summed E-state index contributed by atoms with van der Waals surface area (Å²) in [5, 5.41) is 17.2. The Kier molecular flexibility index (Phi) is 6.31. The molecule has 0 spiro atoms. The first-order valence-corrected chi connectivity index (χ1v) is 9.47. The summed E-state index contributed by atoms with van der Waals surface area (Å²) in [6.45, 7) is 1.34. The molecule has 0 saturated carbocycles. The number of non-ortho nitro benzene ring substituents is 1. The third-order valence-corrected chi connectivity index (χ3v) is 4.80. The van der Waals surface area contributed by atoms with Gasteiger partial charge in [0.15, 0.2) is 0 Å². The van der Waals surface area contributed by atoms with Crippen molar-refractivity contribution in [1.29, 1.82) is 0 Å². The molecule has 0 radical (unpaired) electrons. The van der Waals surface area contributed by atoms with Crippen LogP contribution in [0.2, 0.25) is 0 Å². The van der Waals surface area contributed by atoms with Crippen molar-refractivity contribution in [3.63, 3.8) is 0 Å². The highest BCUT2D eigenvalue weighted by Gasteiger charge is 2.14. The Morgan fingerprint density at radius 2 is 1.82 bits per heavy atom. The van der Waals surface area contributed by atoms with Gasteiger partial charge in [0.25, 0.3) is 15.7 Å². The number of nitrogens with one attached hydrogen (secondary N) is 2. The Morgan fingerprint density at radius 1 is 1.18 bits per heavy atom. The van der Waals surface area contributed by atoms with Crippen LogP contribution in [-0.2, 0) is 14.8 Å². The summed E-state index contributed by atoms with van der Waals surface area (Å²) in [5.41, 5.74) is 1.33. The molecule has 0 saturated heterocycles. The number of hydrogen-bond donors (Lipinski definition) is 2. The lowest BCUT2D eigenvalue weighted by Crippen LogP contribution is -2.19. The van der Waals surface area contributed by atoms with Gasteiger partial charge in [0.2, 0.25) is 5.91 Å². The lowest BCUT2D eigenvalue weighted by atomic mass is 10.1. The van der Waals surface area contributed by atoms with E-state index in [9.17, 15) is 23.3 Å². The van der Waals surface area contributed by atoms with E-state index in [4.69, 9.17) is 0 Å². The number of nitro groups is 1. The lowest BCUT2D eigenvalue weighted by molar-refractivity contribution is -0.384. The number of hydrazone groups is 1. The fourth-order valence-electron chi connectivity index (χ4n) is 2.30. The zero-order valence-corrected chi connectivity index (χ0v) is 16.2. The molecule has 148 valence electrons. The molecule has 2 rings (SSSR count). The number of sulfonamides is 1. The van der Waals surface area contributed by atoms with E-state index < -0.39 is 14.9 Å². The lowest BCUT2D eigenvalue weighted by Gasteiger charge is -2.15. The van der Waals surface area contributed by atoms with Crippen LogP contribution >= 0.6 is 0 Å². The maximum Gasteiger partial charge on any atom is 0.276 e. The highest BCUT2D eigenvalue weighted by Crippen LogP contribution is 2.22. The molecule has 2 N–H and O–H groups in total. The molecular formula is C17H19N5O5S. The van der Waals surface area contributed by atoms with E-state index in [1.54, 1.807) is 25.1 Å². The molecule has 11 heteroatoms. The Labute approximate surface area is 162 Å². The highest BCUT2D eigenvalue weighted by atomic mass is 32.2. The molecule has 0 aliphatic rings. The summed E-state index contributed by atoms with van der Waals surface area (Å²) in [6.07, 6.45) is 1.20. The molecule has 28 heavy (non-hydrogen) atoms. The van der Waals surface area contributed by atoms with Crippen LogP contribution in [0.3, 0.4) is 0 Å². The van der Waals surface area contributed by atoms with Crippen molar-refractivity contribution >= 4 is 39.2 Å². The van der Waals surface area contributed by atoms with Gasteiger partial charge in [-0.15, -0.1) is 0 Å². The van der Waals surface area contributed by atoms with Gasteiger partial charge in [-0.05, 0) is 30.3 Å². The molecule has 0 heterocycles. The summed E-state index contributed by atoms with van der Waals surface area (Å²) < 4.78 is 24.6. The van der Waals surface area contributed by atoms with Gasteiger partial charge < -0.3 is 10.2 Å². The molecule has 0 aliphatic carbocycles. The second-order valence-corrected chi connectivity index (χ2v) is 7.61. The number of amides is 1. The van der Waals surface area contributed by atoms with Gasteiger partial charge in [-0.25, -0.2) is 4.83 Å². The first-order chi connectivity index (χ1) is 13.1. The zero-order valence-electron chi connectivity index (χ0n) is 15.4. The highest BCUT2D eigenvalue weighted by molar-refractivity contribution is 7.89. The minimum atomic E-state index is -3.94. The summed E-state index contributed by atoms with van der Waals surface area (Å²) in [6, 6.07) is 9.75. The van der Waals surface area contributed by atoms with Crippen LogP contribution in [0.4, 0.5) is 17.1 Å². The fraction of sp³-hybridized carbons (Fsp3) is 0.176. The first-order valence-electron chi connectivity index (χ1n) is 7.98. The Bertz CT molecular complexity index is 1020. The molecule has 0 aliphatic heterocycles. The smallest absolute Gasteiger partial charge is 0.276 e. The number of benzene rings is 2. The average Bonchev–Trinajstić information content (AvgIpc) is 2.61. The topological polar surface area (TPSA) is 134 Å². The minimum absolute atomic E-state index is 0.0503. The van der Waals surface area contributed by atoms with E-state index in [1.807, 2.05) is 0 Å². The van der Waals surface area contributed by atoms with Crippen molar-refractivity contribution in [3.8, 4) is 0 Å². The van der Waals surface area contributed by atoms with Crippen LogP contribution in [0.5, 0.6) is 0 Å². The van der Waals surface area contributed by atoms with Crippen LogP contribution in [0.25, 0.3) is 0 Å². The molecule has 2 aromatic rings. The number of nitro benzene ring substituents is 1. The zero-order chi connectivity index (χ0) is 20.9. The van der Waals surface area contributed by atoms with Crippen molar-refractivity contribution in [2.24, 2.45) is 5.10 Å². The third-order valence-electron chi connectivity index (χ3n) is 3.57. The predicted molar refractivity (Wildman–Crippen MR) is 106 cm³/mol. The number of hydrogen-bond acceptors (Lipinski definition) is 7. The molecule has 2 aromatic carbocycles. The largest absolute Gasteiger partial charge is 0.377 e. The van der Waals surface area contributed by atoms with Crippen LogP contribution < -0.4 is 15.0 Å².